The zero-order chi connectivity index (χ0) is 41.7. The number of hydrogen-bond acceptors (Lipinski definition) is 13. The lowest BCUT2D eigenvalue weighted by atomic mass is 9.92. The monoisotopic (exact) mass is 818 g/mol. The number of aromatic nitrogens is 3. The summed E-state index contributed by atoms with van der Waals surface area (Å²) in [4.78, 5) is 101. The van der Waals surface area contributed by atoms with Gasteiger partial charge in [-0.15, -0.1) is 0 Å². The topological polar surface area (TPSA) is 211 Å². The van der Waals surface area contributed by atoms with Crippen molar-refractivity contribution in [2.75, 3.05) is 81.1 Å². The molecule has 0 bridgehead atoms. The lowest BCUT2D eigenvalue weighted by molar-refractivity contribution is -0.136. The summed E-state index contributed by atoms with van der Waals surface area (Å²) in [7, 11) is 1.83. The number of rotatable bonds is 10. The van der Waals surface area contributed by atoms with Gasteiger partial charge >= 0.3 is 6.03 Å². The molecule has 0 spiro atoms. The number of amides is 7. The molecule has 1 aromatic carbocycles. The van der Waals surface area contributed by atoms with Crippen LogP contribution in [-0.2, 0) is 9.59 Å². The number of nitrogens with one attached hydrogen (secondary N) is 2. The van der Waals surface area contributed by atoms with Crippen LogP contribution in [0.15, 0.2) is 42.7 Å². The molecule has 8 heterocycles. The molecule has 5 fully saturated rings. The minimum absolute atomic E-state index is 0.0442. The van der Waals surface area contributed by atoms with E-state index in [1.54, 1.807) is 29.4 Å². The van der Waals surface area contributed by atoms with Crippen molar-refractivity contribution in [3.63, 3.8) is 0 Å². The van der Waals surface area contributed by atoms with Crippen LogP contribution < -0.4 is 26.2 Å². The number of pyridine rings is 1. The number of urea groups is 1. The second-order valence-corrected chi connectivity index (χ2v) is 16.9. The van der Waals surface area contributed by atoms with Crippen molar-refractivity contribution < 1.29 is 28.8 Å². The maximum atomic E-state index is 13.4. The third kappa shape index (κ3) is 7.59. The number of likely N-dealkylation sites (N-methyl/N-ethyl adjacent to an activating group) is 1. The Morgan fingerprint density at radius 3 is 2.40 bits per heavy atom. The van der Waals surface area contributed by atoms with Gasteiger partial charge in [0.25, 0.3) is 17.7 Å². The van der Waals surface area contributed by atoms with Gasteiger partial charge in [-0.25, -0.2) is 14.8 Å². The molecule has 3 atom stereocenters. The highest BCUT2D eigenvalue weighted by Crippen LogP contribution is 2.34. The van der Waals surface area contributed by atoms with Crippen LogP contribution in [0.1, 0.15) is 87.8 Å². The Kier molecular flexibility index (Phi) is 10.6. The molecule has 6 aliphatic heterocycles. The summed E-state index contributed by atoms with van der Waals surface area (Å²) in [5.41, 5.74) is 8.91. The van der Waals surface area contributed by atoms with Crippen LogP contribution in [0.25, 0.3) is 0 Å². The zero-order valence-electron chi connectivity index (χ0n) is 33.7. The van der Waals surface area contributed by atoms with Crippen LogP contribution in [0.5, 0.6) is 0 Å². The van der Waals surface area contributed by atoms with E-state index >= 15 is 0 Å². The highest BCUT2D eigenvalue weighted by molar-refractivity contribution is 6.23. The lowest BCUT2D eigenvalue weighted by Gasteiger charge is -2.37. The molecule has 5 saturated heterocycles. The van der Waals surface area contributed by atoms with Crippen molar-refractivity contribution >= 4 is 58.6 Å². The number of nitrogens with two attached hydrogens (primary N) is 1. The first-order chi connectivity index (χ1) is 29.0. The number of nitrogens with zero attached hydrogens (tertiary/aromatic N) is 9. The van der Waals surface area contributed by atoms with Crippen LogP contribution in [0, 0.1) is 5.92 Å². The normalized spacial score (nSPS) is 24.1. The fourth-order valence-corrected chi connectivity index (χ4v) is 9.73. The predicted molar refractivity (Wildman–Crippen MR) is 220 cm³/mol. The van der Waals surface area contributed by atoms with E-state index in [1.165, 1.54) is 0 Å². The first kappa shape index (κ1) is 39.3. The number of hydrogen-bond donors (Lipinski definition) is 3. The standard InChI is InChI=1S/C42H50N12O6/c1-49-17-18-53(42(49)60)29-3-2-13-52(24-29)34-21-45-36(37(43)56)38(47-34)46-27-4-7-32(44-20-27)26-11-14-50(15-12-26)22-25-10-16-51(23-25)28-5-6-30-31(19-28)41(59)54(40(30)58)33-8-9-35(55)48-39(33)57/h4-7,19-21,25-26,29,33H,2-3,8-18,22-24H2,1H3,(H2,43,56)(H,46,47)(H,48,55,57)/t25-,29-,33?/m1/s1. The number of fused-ring (bicyclic) bond motifs is 1. The largest absolute Gasteiger partial charge is 0.371 e. The van der Waals surface area contributed by atoms with Crippen LogP contribution in [0.2, 0.25) is 0 Å². The van der Waals surface area contributed by atoms with E-state index in [1.807, 2.05) is 30.1 Å². The molecule has 0 saturated carbocycles. The van der Waals surface area contributed by atoms with Gasteiger partial charge in [0.1, 0.15) is 11.9 Å². The summed E-state index contributed by atoms with van der Waals surface area (Å²) >= 11 is 0. The number of imide groups is 2. The van der Waals surface area contributed by atoms with E-state index in [-0.39, 0.29) is 42.0 Å². The second-order valence-electron chi connectivity index (χ2n) is 16.9. The SMILES string of the molecule is CN1CCN([C@@H]2CCCN(c3cnc(C(N)=O)c(Nc4ccc(C5CCN(C[C@H]6CCN(c7ccc8c(c7)C(=O)N(C7CCC(=O)NC7=O)C8=O)C6)CC5)nc4)n3)C2)C1=O. The summed E-state index contributed by atoms with van der Waals surface area (Å²) in [5.74, 6) is -1.02. The van der Waals surface area contributed by atoms with Crippen LogP contribution >= 0.6 is 0 Å². The molecule has 0 aliphatic carbocycles. The molecule has 1 unspecified atom stereocenters. The fraction of sp³-hybridized carbons (Fsp3) is 0.500. The van der Waals surface area contributed by atoms with Crippen molar-refractivity contribution in [1.82, 2.24) is 39.9 Å². The van der Waals surface area contributed by atoms with Gasteiger partial charge in [-0.05, 0) is 87.9 Å². The summed E-state index contributed by atoms with van der Waals surface area (Å²) in [6.45, 7) is 7.41. The molecule has 60 heavy (non-hydrogen) atoms. The van der Waals surface area contributed by atoms with Crippen LogP contribution in [-0.4, -0.2) is 148 Å². The Bertz CT molecular complexity index is 2230. The Labute approximate surface area is 347 Å². The third-order valence-corrected chi connectivity index (χ3v) is 13.0. The Morgan fingerprint density at radius 2 is 1.67 bits per heavy atom. The molecule has 9 rings (SSSR count). The van der Waals surface area contributed by atoms with Crippen LogP contribution in [0.3, 0.4) is 0 Å². The highest BCUT2D eigenvalue weighted by atomic mass is 16.2. The van der Waals surface area contributed by atoms with Crippen LogP contribution in [0.4, 0.5) is 27.8 Å². The molecule has 4 N–H and O–H groups in total. The van der Waals surface area contributed by atoms with E-state index in [0.717, 1.165) is 94.2 Å². The van der Waals surface area contributed by atoms with Gasteiger partial charge in [-0.1, -0.05) is 0 Å². The smallest absolute Gasteiger partial charge is 0.320 e. The fourth-order valence-electron chi connectivity index (χ4n) is 9.73. The summed E-state index contributed by atoms with van der Waals surface area (Å²) in [5, 5.41) is 5.48. The molecule has 7 amide bonds. The number of carbonyl (C=O) groups is 6. The van der Waals surface area contributed by atoms with Crippen molar-refractivity contribution in [1.29, 1.82) is 0 Å². The summed E-state index contributed by atoms with van der Waals surface area (Å²) in [6.07, 6.45) is 8.36. The highest BCUT2D eigenvalue weighted by Gasteiger charge is 2.45. The molecule has 2 aromatic heterocycles. The Morgan fingerprint density at radius 1 is 0.850 bits per heavy atom. The second kappa shape index (κ2) is 16.1. The number of carbonyl (C=O) groups excluding carboxylic acids is 6. The molecule has 314 valence electrons. The van der Waals surface area contributed by atoms with Gasteiger partial charge in [0, 0.05) is 76.6 Å². The molecular formula is C42H50N12O6. The maximum Gasteiger partial charge on any atom is 0.320 e. The summed E-state index contributed by atoms with van der Waals surface area (Å²) < 4.78 is 0. The Balaban J connectivity index is 0.771. The first-order valence-corrected chi connectivity index (χ1v) is 21.0. The zero-order valence-corrected chi connectivity index (χ0v) is 33.7. The number of likely N-dealkylation sites (tertiary alicyclic amines) is 1. The molecule has 3 aromatic rings. The molecule has 18 heteroatoms. The predicted octanol–water partition coefficient (Wildman–Crippen LogP) is 2.16. The van der Waals surface area contributed by atoms with Gasteiger partial charge in [-0.3, -0.25) is 39.2 Å². The van der Waals surface area contributed by atoms with Gasteiger partial charge in [0.05, 0.1) is 35.2 Å². The van der Waals surface area contributed by atoms with Gasteiger partial charge in [-0.2, -0.15) is 0 Å². The molecule has 18 nitrogen and oxygen atoms in total. The van der Waals surface area contributed by atoms with Crippen molar-refractivity contribution in [2.45, 2.75) is 62.9 Å². The number of piperidine rings is 3. The average Bonchev–Trinajstić information content (AvgIpc) is 3.93. The average molecular weight is 819 g/mol. The maximum absolute atomic E-state index is 13.4. The number of primary amides is 1. The first-order valence-electron chi connectivity index (χ1n) is 21.0. The molecule has 6 aliphatic rings. The van der Waals surface area contributed by atoms with E-state index in [9.17, 15) is 28.8 Å². The molecule has 0 radical (unpaired) electrons. The third-order valence-electron chi connectivity index (χ3n) is 13.0. The minimum Gasteiger partial charge on any atom is -0.371 e. The van der Waals surface area contributed by atoms with Gasteiger partial charge < -0.3 is 35.6 Å². The Hall–Kier alpha value is -6.17. The minimum atomic E-state index is -0.981. The van der Waals surface area contributed by atoms with Crippen molar-refractivity contribution in [3.05, 3.63) is 65.2 Å². The number of anilines is 4. The van der Waals surface area contributed by atoms with Gasteiger partial charge in [0.2, 0.25) is 11.8 Å². The number of benzene rings is 1. The quantitative estimate of drug-likeness (QED) is 0.251. The van der Waals surface area contributed by atoms with Gasteiger partial charge in [0.15, 0.2) is 11.5 Å². The van der Waals surface area contributed by atoms with E-state index < -0.39 is 35.6 Å². The molecular weight excluding hydrogens is 769 g/mol. The van der Waals surface area contributed by atoms with Crippen molar-refractivity contribution in [3.8, 4) is 0 Å². The van der Waals surface area contributed by atoms with E-state index in [2.05, 4.69) is 30.3 Å². The lowest BCUT2D eigenvalue weighted by Crippen LogP contribution is -2.54. The summed E-state index contributed by atoms with van der Waals surface area (Å²) in [6, 6.07) is 8.46. The van der Waals surface area contributed by atoms with E-state index in [4.69, 9.17) is 15.7 Å². The van der Waals surface area contributed by atoms with Crippen molar-refractivity contribution in [2.24, 2.45) is 11.7 Å². The van der Waals surface area contributed by atoms with E-state index in [0.29, 0.717) is 42.0 Å².